The SMILES string of the molecule is CC(C)N(C(=O)CN(Cc1ccccc1)c1c(N)n(Cc2ccccc2)c(=O)[nH]c1=O)C(C)C. The predicted molar refractivity (Wildman–Crippen MR) is 136 cm³/mol. The number of nitrogens with zero attached hydrogens (tertiary/aromatic N) is 3. The molecule has 0 atom stereocenters. The number of benzene rings is 2. The lowest BCUT2D eigenvalue weighted by atomic mass is 10.2. The number of H-pyrrole nitrogens is 1. The van der Waals surface area contributed by atoms with Crippen molar-refractivity contribution >= 4 is 17.4 Å². The molecule has 0 saturated heterocycles. The van der Waals surface area contributed by atoms with Crippen LogP contribution in [0.3, 0.4) is 0 Å². The van der Waals surface area contributed by atoms with E-state index in [0.29, 0.717) is 0 Å². The molecule has 0 aliphatic heterocycles. The van der Waals surface area contributed by atoms with Crippen molar-refractivity contribution in [2.24, 2.45) is 0 Å². The number of nitrogens with two attached hydrogens (primary N) is 1. The standard InChI is InChI=1S/C26H33N5O3/c1-18(2)31(19(3)4)22(32)17-29(15-20-11-7-5-8-12-20)23-24(27)30(26(34)28-25(23)33)16-21-13-9-6-10-14-21/h5-14,18-19H,15-17,27H2,1-4H3,(H,28,33,34). The average Bonchev–Trinajstić information content (AvgIpc) is 2.77. The lowest BCUT2D eigenvalue weighted by molar-refractivity contribution is -0.133. The fourth-order valence-corrected chi connectivity index (χ4v) is 4.24. The zero-order valence-corrected chi connectivity index (χ0v) is 20.2. The minimum atomic E-state index is -0.615. The van der Waals surface area contributed by atoms with E-state index in [9.17, 15) is 14.4 Å². The van der Waals surface area contributed by atoms with Gasteiger partial charge in [0.15, 0.2) is 0 Å². The van der Waals surface area contributed by atoms with Crippen LogP contribution in [0.1, 0.15) is 38.8 Å². The highest BCUT2D eigenvalue weighted by Gasteiger charge is 2.26. The summed E-state index contributed by atoms with van der Waals surface area (Å²) in [5.74, 6) is -0.0949. The molecule has 3 rings (SSSR count). The highest BCUT2D eigenvalue weighted by Crippen LogP contribution is 2.21. The zero-order chi connectivity index (χ0) is 24.8. The van der Waals surface area contributed by atoms with Crippen LogP contribution in [0.5, 0.6) is 0 Å². The zero-order valence-electron chi connectivity index (χ0n) is 20.2. The van der Waals surface area contributed by atoms with Crippen LogP contribution < -0.4 is 21.9 Å². The third-order valence-corrected chi connectivity index (χ3v) is 5.66. The summed E-state index contributed by atoms with van der Waals surface area (Å²) in [5.41, 5.74) is 7.12. The van der Waals surface area contributed by atoms with Gasteiger partial charge < -0.3 is 15.5 Å². The highest BCUT2D eigenvalue weighted by molar-refractivity contribution is 5.83. The Kier molecular flexibility index (Phi) is 7.94. The first-order chi connectivity index (χ1) is 16.2. The summed E-state index contributed by atoms with van der Waals surface area (Å²) >= 11 is 0. The summed E-state index contributed by atoms with van der Waals surface area (Å²) in [7, 11) is 0. The van der Waals surface area contributed by atoms with Crippen LogP contribution in [0.25, 0.3) is 0 Å². The van der Waals surface area contributed by atoms with E-state index in [1.54, 1.807) is 9.80 Å². The lowest BCUT2D eigenvalue weighted by Crippen LogP contribution is -2.48. The van der Waals surface area contributed by atoms with Crippen molar-refractivity contribution in [3.63, 3.8) is 0 Å². The number of hydrogen-bond acceptors (Lipinski definition) is 5. The maximum Gasteiger partial charge on any atom is 0.330 e. The minimum Gasteiger partial charge on any atom is -0.383 e. The molecule has 180 valence electrons. The predicted octanol–water partition coefficient (Wildman–Crippen LogP) is 2.82. The Balaban J connectivity index is 2.07. The molecule has 34 heavy (non-hydrogen) atoms. The number of carbonyl (C=O) groups is 1. The van der Waals surface area contributed by atoms with Gasteiger partial charge in [-0.15, -0.1) is 0 Å². The first-order valence-electron chi connectivity index (χ1n) is 11.5. The smallest absolute Gasteiger partial charge is 0.330 e. The summed E-state index contributed by atoms with van der Waals surface area (Å²) in [6, 6.07) is 18.9. The van der Waals surface area contributed by atoms with Gasteiger partial charge in [0, 0.05) is 18.6 Å². The fourth-order valence-electron chi connectivity index (χ4n) is 4.24. The Morgan fingerprint density at radius 1 is 0.912 bits per heavy atom. The molecule has 0 aliphatic rings. The molecule has 1 aromatic heterocycles. The van der Waals surface area contributed by atoms with E-state index in [-0.39, 0.29) is 49.1 Å². The third kappa shape index (κ3) is 5.75. The van der Waals surface area contributed by atoms with Gasteiger partial charge in [0.25, 0.3) is 5.56 Å². The molecule has 0 bridgehead atoms. The van der Waals surface area contributed by atoms with Crippen LogP contribution in [-0.2, 0) is 17.9 Å². The molecule has 0 saturated carbocycles. The minimum absolute atomic E-state index is 0.00580. The molecule has 3 N–H and O–H groups in total. The lowest BCUT2D eigenvalue weighted by Gasteiger charge is -2.34. The number of aromatic amines is 1. The molecule has 8 heteroatoms. The Bertz CT molecular complexity index is 1210. The maximum absolute atomic E-state index is 13.3. The summed E-state index contributed by atoms with van der Waals surface area (Å²) in [6.07, 6.45) is 0. The highest BCUT2D eigenvalue weighted by atomic mass is 16.2. The molecule has 1 amide bonds. The number of amides is 1. The number of hydrogen-bond donors (Lipinski definition) is 2. The topological polar surface area (TPSA) is 104 Å². The van der Waals surface area contributed by atoms with Crippen LogP contribution in [-0.4, -0.2) is 39.0 Å². The molecule has 1 heterocycles. The van der Waals surface area contributed by atoms with Crippen molar-refractivity contribution in [2.45, 2.75) is 52.9 Å². The first-order valence-corrected chi connectivity index (χ1v) is 11.5. The van der Waals surface area contributed by atoms with Gasteiger partial charge in [0.1, 0.15) is 11.5 Å². The van der Waals surface area contributed by atoms with Crippen LogP contribution in [0, 0.1) is 0 Å². The first kappa shape index (κ1) is 24.8. The Labute approximate surface area is 199 Å². The van der Waals surface area contributed by atoms with Gasteiger partial charge in [-0.3, -0.25) is 19.1 Å². The van der Waals surface area contributed by atoms with Crippen molar-refractivity contribution < 1.29 is 4.79 Å². The van der Waals surface area contributed by atoms with E-state index in [4.69, 9.17) is 5.73 Å². The Hall–Kier alpha value is -3.81. The van der Waals surface area contributed by atoms with Gasteiger partial charge in [-0.05, 0) is 38.8 Å². The number of aromatic nitrogens is 2. The number of nitrogen functional groups attached to an aromatic ring is 1. The van der Waals surface area contributed by atoms with E-state index in [1.165, 1.54) is 4.57 Å². The van der Waals surface area contributed by atoms with Crippen LogP contribution in [0.15, 0.2) is 70.3 Å². The summed E-state index contributed by atoms with van der Waals surface area (Å²) in [5, 5.41) is 0. The average molecular weight is 464 g/mol. The van der Waals surface area contributed by atoms with Gasteiger partial charge in [0.2, 0.25) is 5.91 Å². The van der Waals surface area contributed by atoms with E-state index >= 15 is 0 Å². The molecule has 0 radical (unpaired) electrons. The Morgan fingerprint density at radius 2 is 1.44 bits per heavy atom. The normalized spacial score (nSPS) is 11.1. The maximum atomic E-state index is 13.3. The molecule has 2 aromatic carbocycles. The summed E-state index contributed by atoms with van der Waals surface area (Å²) in [6.45, 7) is 8.27. The Morgan fingerprint density at radius 3 is 1.97 bits per heavy atom. The second-order valence-electron chi connectivity index (χ2n) is 8.90. The quantitative estimate of drug-likeness (QED) is 0.508. The molecule has 3 aromatic rings. The van der Waals surface area contributed by atoms with Crippen molar-refractivity contribution in [1.29, 1.82) is 0 Å². The number of nitrogens with one attached hydrogen (secondary N) is 1. The molecular formula is C26H33N5O3. The summed E-state index contributed by atoms with van der Waals surface area (Å²) in [4.78, 5) is 44.8. The second kappa shape index (κ2) is 10.9. The van der Waals surface area contributed by atoms with E-state index in [2.05, 4.69) is 4.98 Å². The molecule has 8 nitrogen and oxygen atoms in total. The van der Waals surface area contributed by atoms with Gasteiger partial charge in [-0.1, -0.05) is 60.7 Å². The molecule has 0 unspecified atom stereocenters. The molecule has 0 aliphatic carbocycles. The van der Waals surface area contributed by atoms with Gasteiger partial charge in [0.05, 0.1) is 13.1 Å². The largest absolute Gasteiger partial charge is 0.383 e. The van der Waals surface area contributed by atoms with E-state index in [0.717, 1.165) is 11.1 Å². The van der Waals surface area contributed by atoms with Crippen LogP contribution >= 0.6 is 0 Å². The van der Waals surface area contributed by atoms with Crippen molar-refractivity contribution in [3.8, 4) is 0 Å². The fraction of sp³-hybridized carbons (Fsp3) is 0.346. The number of rotatable bonds is 9. The second-order valence-corrected chi connectivity index (χ2v) is 8.90. The van der Waals surface area contributed by atoms with Gasteiger partial charge in [-0.2, -0.15) is 0 Å². The molecular weight excluding hydrogens is 430 g/mol. The summed E-state index contributed by atoms with van der Waals surface area (Å²) < 4.78 is 1.33. The number of anilines is 2. The molecule has 0 fully saturated rings. The van der Waals surface area contributed by atoms with Crippen molar-refractivity contribution in [1.82, 2.24) is 14.5 Å². The van der Waals surface area contributed by atoms with Crippen LogP contribution in [0.4, 0.5) is 11.5 Å². The van der Waals surface area contributed by atoms with E-state index in [1.807, 2.05) is 88.4 Å². The van der Waals surface area contributed by atoms with Crippen molar-refractivity contribution in [3.05, 3.63) is 92.6 Å². The van der Waals surface area contributed by atoms with Crippen molar-refractivity contribution in [2.75, 3.05) is 17.2 Å². The van der Waals surface area contributed by atoms with Gasteiger partial charge in [-0.25, -0.2) is 4.79 Å². The van der Waals surface area contributed by atoms with Crippen LogP contribution in [0.2, 0.25) is 0 Å². The monoisotopic (exact) mass is 463 g/mol. The number of carbonyl (C=O) groups excluding carboxylic acids is 1. The van der Waals surface area contributed by atoms with Gasteiger partial charge >= 0.3 is 5.69 Å². The third-order valence-electron chi connectivity index (χ3n) is 5.66. The molecule has 0 spiro atoms. The van der Waals surface area contributed by atoms with E-state index < -0.39 is 11.2 Å².